The highest BCUT2D eigenvalue weighted by Crippen LogP contribution is 2.36. The molecule has 0 bridgehead atoms. The molecule has 0 unspecified atom stereocenters. The highest BCUT2D eigenvalue weighted by Gasteiger charge is 2.35. The minimum Gasteiger partial charge on any atom is -0.495 e. The molecular weight excluding hydrogens is 366 g/mol. The summed E-state index contributed by atoms with van der Waals surface area (Å²) < 4.78 is 10.3. The summed E-state index contributed by atoms with van der Waals surface area (Å²) in [6.45, 7) is 3.53. The predicted molar refractivity (Wildman–Crippen MR) is 104 cm³/mol. The van der Waals surface area contributed by atoms with Gasteiger partial charge < -0.3 is 14.5 Å². The quantitative estimate of drug-likeness (QED) is 0.664. The molecule has 0 saturated carbocycles. The Morgan fingerprint density at radius 3 is 2.44 bits per heavy atom. The van der Waals surface area contributed by atoms with E-state index in [4.69, 9.17) is 26.1 Å². The highest BCUT2D eigenvalue weighted by molar-refractivity contribution is 6.32. The van der Waals surface area contributed by atoms with E-state index < -0.39 is 5.41 Å². The number of nitrogens with one attached hydrogen (secondary N) is 1. The van der Waals surface area contributed by atoms with Crippen molar-refractivity contribution < 1.29 is 14.3 Å². The molecule has 0 aliphatic carbocycles. The van der Waals surface area contributed by atoms with Crippen LogP contribution in [-0.2, 0) is 14.9 Å². The molecule has 0 saturated heterocycles. The smallest absolute Gasteiger partial charge is 0.318 e. The van der Waals surface area contributed by atoms with Crippen LogP contribution in [-0.4, -0.2) is 35.1 Å². The first-order valence-electron chi connectivity index (χ1n) is 8.31. The van der Waals surface area contributed by atoms with Crippen LogP contribution in [0.4, 0.5) is 0 Å². The van der Waals surface area contributed by atoms with Crippen LogP contribution in [0, 0.1) is 0 Å². The van der Waals surface area contributed by atoms with E-state index in [1.54, 1.807) is 39.4 Å². The van der Waals surface area contributed by atoms with Crippen LogP contribution in [0.1, 0.15) is 19.7 Å². The number of aromatic amines is 1. The van der Waals surface area contributed by atoms with Crippen molar-refractivity contribution in [3.63, 3.8) is 0 Å². The Bertz CT molecular complexity index is 968. The maximum atomic E-state index is 12.2. The summed E-state index contributed by atoms with van der Waals surface area (Å²) in [6.07, 6.45) is 3.40. The largest absolute Gasteiger partial charge is 0.495 e. The number of hydrogen-bond donors (Lipinski definition) is 1. The van der Waals surface area contributed by atoms with Gasteiger partial charge in [-0.2, -0.15) is 0 Å². The summed E-state index contributed by atoms with van der Waals surface area (Å²) in [4.78, 5) is 24.3. The number of halogens is 1. The van der Waals surface area contributed by atoms with Crippen molar-refractivity contribution in [2.75, 3.05) is 14.2 Å². The molecule has 0 aliphatic heterocycles. The van der Waals surface area contributed by atoms with E-state index >= 15 is 0 Å². The molecule has 27 heavy (non-hydrogen) atoms. The molecule has 2 aromatic heterocycles. The van der Waals surface area contributed by atoms with Gasteiger partial charge >= 0.3 is 5.97 Å². The first-order chi connectivity index (χ1) is 12.9. The van der Waals surface area contributed by atoms with Crippen LogP contribution >= 0.6 is 11.6 Å². The number of hydrogen-bond acceptors (Lipinski definition) is 5. The number of methoxy groups -OCH3 is 2. The van der Waals surface area contributed by atoms with Crippen LogP contribution in [0.5, 0.6) is 5.75 Å². The Labute approximate surface area is 162 Å². The molecule has 3 rings (SSSR count). The molecule has 0 radical (unpaired) electrons. The third kappa shape index (κ3) is 3.53. The minimum atomic E-state index is -0.939. The number of esters is 1. The van der Waals surface area contributed by atoms with Crippen molar-refractivity contribution in [3.05, 3.63) is 53.6 Å². The molecule has 1 N–H and O–H groups in total. The van der Waals surface area contributed by atoms with E-state index in [0.717, 1.165) is 16.8 Å². The molecule has 3 aromatic rings. The fraction of sp³-hybridized carbons (Fsp3) is 0.250. The molecule has 0 fully saturated rings. The van der Waals surface area contributed by atoms with Crippen molar-refractivity contribution in [1.29, 1.82) is 0 Å². The lowest BCUT2D eigenvalue weighted by Crippen LogP contribution is -2.31. The molecule has 1 aromatic carbocycles. The van der Waals surface area contributed by atoms with Crippen molar-refractivity contribution >= 4 is 17.6 Å². The number of pyridine rings is 1. The molecular formula is C20H20ClN3O3. The van der Waals surface area contributed by atoms with E-state index in [2.05, 4.69) is 9.97 Å². The summed E-state index contributed by atoms with van der Waals surface area (Å²) in [5.41, 5.74) is 2.22. The monoisotopic (exact) mass is 385 g/mol. The van der Waals surface area contributed by atoms with Crippen molar-refractivity contribution in [1.82, 2.24) is 15.0 Å². The number of rotatable bonds is 5. The molecule has 2 heterocycles. The van der Waals surface area contributed by atoms with Crippen LogP contribution in [0.3, 0.4) is 0 Å². The molecule has 140 valence electrons. The number of aromatic nitrogens is 3. The van der Waals surface area contributed by atoms with Gasteiger partial charge in [0.05, 0.1) is 30.6 Å². The summed E-state index contributed by atoms with van der Waals surface area (Å²) in [5, 5.41) is 0.511. The van der Waals surface area contributed by atoms with Crippen LogP contribution in [0.15, 0.2) is 42.7 Å². The van der Waals surface area contributed by atoms with Crippen LogP contribution < -0.4 is 4.74 Å². The van der Waals surface area contributed by atoms with E-state index in [1.165, 1.54) is 7.11 Å². The average molecular weight is 386 g/mol. The second kappa shape index (κ2) is 7.40. The SMILES string of the molecule is COC(=O)C(C)(C)c1nc(-c2ccc(Cl)c(OC)c2)c(-c2ccncc2)[nH]1. The van der Waals surface area contributed by atoms with E-state index in [1.807, 2.05) is 24.3 Å². The lowest BCUT2D eigenvalue weighted by atomic mass is 9.93. The summed E-state index contributed by atoms with van der Waals surface area (Å²) in [7, 11) is 2.92. The number of nitrogens with zero attached hydrogens (tertiary/aromatic N) is 2. The van der Waals surface area contributed by atoms with Crippen molar-refractivity contribution in [2.24, 2.45) is 0 Å². The second-order valence-corrected chi connectivity index (χ2v) is 6.92. The standard InChI is InChI=1S/C20H20ClN3O3/c1-20(2,19(25)27-4)18-23-16(12-7-9-22-10-8-12)17(24-18)13-5-6-14(21)15(11-13)26-3/h5-11H,1-4H3,(H,23,24). The molecule has 0 aliphatic rings. The molecule has 6 nitrogen and oxygen atoms in total. The molecule has 0 amide bonds. The lowest BCUT2D eigenvalue weighted by Gasteiger charge is -2.18. The van der Waals surface area contributed by atoms with E-state index in [9.17, 15) is 4.79 Å². The van der Waals surface area contributed by atoms with Gasteiger partial charge in [-0.15, -0.1) is 0 Å². The van der Waals surface area contributed by atoms with Crippen LogP contribution in [0.2, 0.25) is 5.02 Å². The lowest BCUT2D eigenvalue weighted by molar-refractivity contribution is -0.146. The fourth-order valence-corrected chi connectivity index (χ4v) is 2.96. The highest BCUT2D eigenvalue weighted by atomic mass is 35.5. The summed E-state index contributed by atoms with van der Waals surface area (Å²) in [6, 6.07) is 9.18. The number of ether oxygens (including phenoxy) is 2. The van der Waals surface area contributed by atoms with Crippen LogP contribution in [0.25, 0.3) is 22.5 Å². The zero-order chi connectivity index (χ0) is 19.6. The zero-order valence-electron chi connectivity index (χ0n) is 15.5. The van der Waals surface area contributed by atoms with Gasteiger partial charge in [0.2, 0.25) is 0 Å². The average Bonchev–Trinajstić information content (AvgIpc) is 3.14. The van der Waals surface area contributed by atoms with Gasteiger partial charge in [0.15, 0.2) is 0 Å². The van der Waals surface area contributed by atoms with E-state index in [-0.39, 0.29) is 5.97 Å². The maximum Gasteiger partial charge on any atom is 0.318 e. The minimum absolute atomic E-state index is 0.377. The zero-order valence-corrected chi connectivity index (χ0v) is 16.3. The Morgan fingerprint density at radius 2 is 1.81 bits per heavy atom. The molecule has 0 spiro atoms. The van der Waals surface area contributed by atoms with Gasteiger partial charge in [-0.3, -0.25) is 9.78 Å². The number of imidazole rings is 1. The number of carbonyl (C=O) groups is 1. The van der Waals surface area contributed by atoms with Gasteiger partial charge in [-0.25, -0.2) is 4.98 Å². The normalized spacial score (nSPS) is 11.3. The topological polar surface area (TPSA) is 77.1 Å². The Morgan fingerprint density at radius 1 is 1.11 bits per heavy atom. The number of H-pyrrole nitrogens is 1. The maximum absolute atomic E-state index is 12.2. The van der Waals surface area contributed by atoms with Crippen molar-refractivity contribution in [2.45, 2.75) is 19.3 Å². The third-order valence-electron chi connectivity index (χ3n) is 4.39. The number of carbonyl (C=O) groups excluding carboxylic acids is 1. The second-order valence-electron chi connectivity index (χ2n) is 6.51. The molecule has 7 heteroatoms. The fourth-order valence-electron chi connectivity index (χ4n) is 2.76. The van der Waals surface area contributed by atoms with E-state index in [0.29, 0.717) is 22.3 Å². The summed E-state index contributed by atoms with van der Waals surface area (Å²) >= 11 is 6.16. The first kappa shape index (κ1) is 18.9. The van der Waals surface area contributed by atoms with Gasteiger partial charge in [0, 0.05) is 23.5 Å². The summed E-state index contributed by atoms with van der Waals surface area (Å²) in [5.74, 6) is 0.675. The Hall–Kier alpha value is -2.86. The first-order valence-corrected chi connectivity index (χ1v) is 8.69. The molecule has 0 atom stereocenters. The van der Waals surface area contributed by atoms with Gasteiger partial charge in [-0.1, -0.05) is 17.7 Å². The van der Waals surface area contributed by atoms with Crippen molar-refractivity contribution in [3.8, 4) is 28.3 Å². The van der Waals surface area contributed by atoms with Gasteiger partial charge in [-0.05, 0) is 38.1 Å². The predicted octanol–water partition coefficient (Wildman–Crippen LogP) is 4.25. The van der Waals surface area contributed by atoms with Gasteiger partial charge in [0.1, 0.15) is 17.0 Å². The number of benzene rings is 1. The third-order valence-corrected chi connectivity index (χ3v) is 4.70. The Balaban J connectivity index is 2.22. The Kier molecular flexibility index (Phi) is 5.19. The van der Waals surface area contributed by atoms with Gasteiger partial charge in [0.25, 0.3) is 0 Å².